The molecule has 0 bridgehead atoms. The molecule has 1 heterocycles. The van der Waals surface area contributed by atoms with Crippen LogP contribution in [0.3, 0.4) is 0 Å². The maximum absolute atomic E-state index is 5.92. The van der Waals surface area contributed by atoms with Crippen LogP contribution in [-0.2, 0) is 0 Å². The van der Waals surface area contributed by atoms with Crippen LogP contribution in [-0.4, -0.2) is 31.1 Å². The first-order valence-corrected chi connectivity index (χ1v) is 6.54. The highest BCUT2D eigenvalue weighted by atomic mass is 35.5. The Hall–Kier alpha value is -0.930. The molecule has 94 valence electrons. The Morgan fingerprint density at radius 2 is 2.06 bits per heavy atom. The van der Waals surface area contributed by atoms with Gasteiger partial charge in [-0.25, -0.2) is 0 Å². The fourth-order valence-electron chi connectivity index (χ4n) is 2.08. The van der Waals surface area contributed by atoms with Crippen LogP contribution in [0, 0.1) is 0 Å². The van der Waals surface area contributed by atoms with Crippen molar-refractivity contribution in [2.24, 2.45) is 0 Å². The molecule has 1 fully saturated rings. The summed E-state index contributed by atoms with van der Waals surface area (Å²) >= 11 is 5.92. The number of hydrogen-bond acceptors (Lipinski definition) is 3. The van der Waals surface area contributed by atoms with Gasteiger partial charge < -0.3 is 15.4 Å². The van der Waals surface area contributed by atoms with Crippen LogP contribution >= 0.6 is 11.6 Å². The molecule has 1 aromatic rings. The van der Waals surface area contributed by atoms with E-state index in [1.807, 2.05) is 6.07 Å². The van der Waals surface area contributed by atoms with Crippen molar-refractivity contribution < 1.29 is 4.74 Å². The molecule has 0 aromatic heterocycles. The second-order valence-electron chi connectivity index (χ2n) is 4.43. The first-order valence-electron chi connectivity index (χ1n) is 6.16. The smallest absolute Gasteiger partial charge is 0.120 e. The van der Waals surface area contributed by atoms with E-state index in [-0.39, 0.29) is 0 Å². The molecule has 1 aliphatic heterocycles. The highest BCUT2D eigenvalue weighted by Crippen LogP contribution is 2.24. The molecule has 0 unspecified atom stereocenters. The molecule has 2 N–H and O–H groups in total. The quantitative estimate of drug-likeness (QED) is 0.649. The summed E-state index contributed by atoms with van der Waals surface area (Å²) in [6.45, 7) is 4.35. The molecule has 4 heteroatoms. The highest BCUT2D eigenvalue weighted by Gasteiger charge is 2.10. The molecule has 0 aliphatic carbocycles. The predicted molar refractivity (Wildman–Crippen MR) is 71.7 cm³/mol. The number of halogens is 1. The van der Waals surface area contributed by atoms with Gasteiger partial charge in [-0.3, -0.25) is 0 Å². The van der Waals surface area contributed by atoms with E-state index in [0.29, 0.717) is 10.7 Å². The van der Waals surface area contributed by atoms with E-state index in [1.165, 1.54) is 25.9 Å². The zero-order valence-corrected chi connectivity index (χ0v) is 10.7. The first kappa shape index (κ1) is 12.5. The molecule has 0 amide bonds. The van der Waals surface area contributed by atoms with Gasteiger partial charge in [0.05, 0.1) is 17.3 Å². The van der Waals surface area contributed by atoms with Crippen molar-refractivity contribution in [2.75, 3.05) is 32.0 Å². The molecule has 0 saturated carbocycles. The lowest BCUT2D eigenvalue weighted by molar-refractivity contribution is 0.263. The lowest BCUT2D eigenvalue weighted by atomic mass is 10.3. The topological polar surface area (TPSA) is 38.5 Å². The lowest BCUT2D eigenvalue weighted by Crippen LogP contribution is -2.21. The molecule has 1 saturated heterocycles. The minimum absolute atomic E-state index is 0.557. The maximum Gasteiger partial charge on any atom is 0.120 e. The van der Waals surface area contributed by atoms with Gasteiger partial charge in [0.2, 0.25) is 0 Å². The average molecular weight is 255 g/mol. The summed E-state index contributed by atoms with van der Waals surface area (Å²) in [5.74, 6) is 0.797. The minimum atomic E-state index is 0.557. The van der Waals surface area contributed by atoms with Gasteiger partial charge in [0.1, 0.15) is 5.75 Å². The number of hydrogen-bond donors (Lipinski definition) is 1. The average Bonchev–Trinajstić information content (AvgIpc) is 2.82. The second kappa shape index (κ2) is 6.12. The van der Waals surface area contributed by atoms with Crippen LogP contribution < -0.4 is 10.5 Å². The molecule has 0 radical (unpaired) electrons. The van der Waals surface area contributed by atoms with Gasteiger partial charge in [-0.15, -0.1) is 0 Å². The Morgan fingerprint density at radius 1 is 1.29 bits per heavy atom. The number of likely N-dealkylation sites (tertiary alicyclic amines) is 1. The highest BCUT2D eigenvalue weighted by molar-refractivity contribution is 6.33. The van der Waals surface area contributed by atoms with E-state index in [1.54, 1.807) is 12.1 Å². The summed E-state index contributed by atoms with van der Waals surface area (Å²) in [6, 6.07) is 5.40. The molecule has 2 rings (SSSR count). The van der Waals surface area contributed by atoms with Crippen molar-refractivity contribution in [2.45, 2.75) is 19.3 Å². The Morgan fingerprint density at radius 3 is 2.76 bits per heavy atom. The molecule has 17 heavy (non-hydrogen) atoms. The molecule has 0 spiro atoms. The summed E-state index contributed by atoms with van der Waals surface area (Å²) in [4.78, 5) is 2.49. The fraction of sp³-hybridized carbons (Fsp3) is 0.538. The zero-order chi connectivity index (χ0) is 12.1. The number of nitrogens with two attached hydrogens (primary N) is 1. The van der Waals surface area contributed by atoms with E-state index < -0.39 is 0 Å². The summed E-state index contributed by atoms with van der Waals surface area (Å²) in [5, 5.41) is 0.557. The number of rotatable bonds is 5. The van der Waals surface area contributed by atoms with Crippen molar-refractivity contribution in [1.29, 1.82) is 0 Å². The van der Waals surface area contributed by atoms with E-state index in [0.717, 1.165) is 25.3 Å². The number of anilines is 1. The second-order valence-corrected chi connectivity index (χ2v) is 4.84. The predicted octanol–water partition coefficient (Wildman–Crippen LogP) is 2.79. The Bertz CT molecular complexity index is 364. The molecular formula is C13H19ClN2O. The van der Waals surface area contributed by atoms with Crippen LogP contribution in [0.2, 0.25) is 5.02 Å². The number of benzene rings is 1. The number of nitrogen functional groups attached to an aromatic ring is 1. The Balaban J connectivity index is 1.68. The van der Waals surface area contributed by atoms with Crippen LogP contribution in [0.1, 0.15) is 19.3 Å². The third-order valence-electron chi connectivity index (χ3n) is 3.06. The Labute approximate surface area is 107 Å². The van der Waals surface area contributed by atoms with Crippen LogP contribution in [0.15, 0.2) is 18.2 Å². The third-order valence-corrected chi connectivity index (χ3v) is 3.39. The normalized spacial score (nSPS) is 16.3. The summed E-state index contributed by atoms with van der Waals surface area (Å²) in [7, 11) is 0. The minimum Gasteiger partial charge on any atom is -0.493 e. The monoisotopic (exact) mass is 254 g/mol. The SMILES string of the molecule is Nc1ccc(OCCCN2CCCC2)cc1Cl. The molecular weight excluding hydrogens is 236 g/mol. The van der Waals surface area contributed by atoms with E-state index >= 15 is 0 Å². The van der Waals surface area contributed by atoms with Crippen molar-refractivity contribution in [3.05, 3.63) is 23.2 Å². The number of nitrogens with zero attached hydrogens (tertiary/aromatic N) is 1. The summed E-state index contributed by atoms with van der Waals surface area (Å²) in [6.07, 6.45) is 3.74. The van der Waals surface area contributed by atoms with Crippen molar-refractivity contribution >= 4 is 17.3 Å². The van der Waals surface area contributed by atoms with Crippen LogP contribution in [0.4, 0.5) is 5.69 Å². The van der Waals surface area contributed by atoms with E-state index in [4.69, 9.17) is 22.1 Å². The van der Waals surface area contributed by atoms with Crippen LogP contribution in [0.5, 0.6) is 5.75 Å². The number of ether oxygens (including phenoxy) is 1. The fourth-order valence-corrected chi connectivity index (χ4v) is 2.25. The van der Waals surface area contributed by atoms with Gasteiger partial charge in [0.25, 0.3) is 0 Å². The van der Waals surface area contributed by atoms with Gasteiger partial charge in [0, 0.05) is 12.6 Å². The molecule has 0 atom stereocenters. The summed E-state index contributed by atoms with van der Waals surface area (Å²) in [5.41, 5.74) is 6.23. The maximum atomic E-state index is 5.92. The van der Waals surface area contributed by atoms with Gasteiger partial charge in [-0.1, -0.05) is 11.6 Å². The first-order chi connectivity index (χ1) is 8.25. The van der Waals surface area contributed by atoms with Crippen molar-refractivity contribution in [1.82, 2.24) is 4.90 Å². The van der Waals surface area contributed by atoms with Crippen LogP contribution in [0.25, 0.3) is 0 Å². The van der Waals surface area contributed by atoms with Gasteiger partial charge in [-0.2, -0.15) is 0 Å². The lowest BCUT2D eigenvalue weighted by Gasteiger charge is -2.14. The molecule has 1 aromatic carbocycles. The summed E-state index contributed by atoms with van der Waals surface area (Å²) < 4.78 is 5.63. The largest absolute Gasteiger partial charge is 0.493 e. The molecule has 1 aliphatic rings. The standard InChI is InChI=1S/C13H19ClN2O/c14-12-10-11(4-5-13(12)15)17-9-3-8-16-6-1-2-7-16/h4-5,10H,1-3,6-9,15H2. The van der Waals surface area contributed by atoms with Gasteiger partial charge in [-0.05, 0) is 44.5 Å². The van der Waals surface area contributed by atoms with Crippen molar-refractivity contribution in [3.63, 3.8) is 0 Å². The van der Waals surface area contributed by atoms with E-state index in [9.17, 15) is 0 Å². The van der Waals surface area contributed by atoms with Crippen molar-refractivity contribution in [3.8, 4) is 5.75 Å². The zero-order valence-electron chi connectivity index (χ0n) is 9.99. The van der Waals surface area contributed by atoms with Gasteiger partial charge >= 0.3 is 0 Å². The van der Waals surface area contributed by atoms with Gasteiger partial charge in [0.15, 0.2) is 0 Å². The molecule has 3 nitrogen and oxygen atoms in total. The third kappa shape index (κ3) is 3.79. The van der Waals surface area contributed by atoms with E-state index in [2.05, 4.69) is 4.90 Å². The Kier molecular flexibility index (Phi) is 4.51.